The highest BCUT2D eigenvalue weighted by Crippen LogP contribution is 2.30. The van der Waals surface area contributed by atoms with E-state index in [-0.39, 0.29) is 5.91 Å². The van der Waals surface area contributed by atoms with Crippen LogP contribution in [-0.2, 0) is 13.0 Å². The fourth-order valence-corrected chi connectivity index (χ4v) is 4.02. The van der Waals surface area contributed by atoms with Crippen LogP contribution in [0.15, 0.2) is 66.0 Å². The van der Waals surface area contributed by atoms with E-state index < -0.39 is 0 Å². The van der Waals surface area contributed by atoms with Crippen molar-refractivity contribution in [2.45, 2.75) is 13.0 Å². The summed E-state index contributed by atoms with van der Waals surface area (Å²) < 4.78 is 0. The Morgan fingerprint density at radius 1 is 0.913 bits per heavy atom. The fourth-order valence-electron chi connectivity index (χ4n) is 3.13. The summed E-state index contributed by atoms with van der Waals surface area (Å²) in [4.78, 5) is 15.8. The van der Waals surface area contributed by atoms with Crippen LogP contribution in [0.1, 0.15) is 20.8 Å². The van der Waals surface area contributed by atoms with Gasteiger partial charge in [-0.05, 0) is 34.6 Å². The molecule has 3 aromatic rings. The van der Waals surface area contributed by atoms with Gasteiger partial charge in [0.05, 0.1) is 4.88 Å². The van der Waals surface area contributed by atoms with Gasteiger partial charge in [0.1, 0.15) is 0 Å². The smallest absolute Gasteiger partial charge is 0.264 e. The maximum absolute atomic E-state index is 13.0. The lowest BCUT2D eigenvalue weighted by atomic mass is 9.99. The van der Waals surface area contributed by atoms with Gasteiger partial charge in [0.2, 0.25) is 0 Å². The molecule has 0 N–H and O–H groups in total. The zero-order chi connectivity index (χ0) is 15.6. The summed E-state index contributed by atoms with van der Waals surface area (Å²) >= 11 is 1.54. The third-order valence-corrected chi connectivity index (χ3v) is 5.26. The number of hydrogen-bond donors (Lipinski definition) is 0. The second-order valence-corrected chi connectivity index (χ2v) is 6.69. The molecule has 4 rings (SSSR count). The van der Waals surface area contributed by atoms with Gasteiger partial charge in [-0.15, -0.1) is 11.3 Å². The average molecular weight is 319 g/mol. The lowest BCUT2D eigenvalue weighted by molar-refractivity contribution is 0.0740. The molecule has 1 aliphatic rings. The Morgan fingerprint density at radius 3 is 2.48 bits per heavy atom. The largest absolute Gasteiger partial charge is 0.333 e. The molecule has 1 amide bonds. The summed E-state index contributed by atoms with van der Waals surface area (Å²) in [6.07, 6.45) is 0.938. The van der Waals surface area contributed by atoms with E-state index in [1.807, 2.05) is 40.6 Å². The summed E-state index contributed by atoms with van der Waals surface area (Å²) in [5.41, 5.74) is 4.78. The van der Waals surface area contributed by atoms with Gasteiger partial charge in [-0.1, -0.05) is 54.6 Å². The van der Waals surface area contributed by atoms with Gasteiger partial charge in [-0.3, -0.25) is 4.79 Å². The average Bonchev–Trinajstić information content (AvgIpc) is 3.11. The summed E-state index contributed by atoms with van der Waals surface area (Å²) in [5, 5.41) is 2.01. The molecule has 2 nitrogen and oxygen atoms in total. The van der Waals surface area contributed by atoms with E-state index in [1.54, 1.807) is 0 Å². The molecule has 3 heteroatoms. The number of carbonyl (C=O) groups is 1. The van der Waals surface area contributed by atoms with Crippen molar-refractivity contribution in [3.63, 3.8) is 0 Å². The zero-order valence-electron chi connectivity index (χ0n) is 12.7. The second kappa shape index (κ2) is 6.01. The SMILES string of the molecule is O=C(c1sccc1-c1ccccc1)N1CCc2ccccc2C1. The molecule has 1 aliphatic heterocycles. The number of fused-ring (bicyclic) bond motifs is 1. The maximum Gasteiger partial charge on any atom is 0.264 e. The summed E-state index contributed by atoms with van der Waals surface area (Å²) in [7, 11) is 0. The first-order valence-corrected chi connectivity index (χ1v) is 8.70. The lowest BCUT2D eigenvalue weighted by Crippen LogP contribution is -2.35. The van der Waals surface area contributed by atoms with Gasteiger partial charge < -0.3 is 4.90 Å². The number of thiophene rings is 1. The Labute approximate surface area is 140 Å². The predicted octanol–water partition coefficient (Wildman–Crippen LogP) is 4.61. The standard InChI is InChI=1S/C20H17NOS/c22-20(21-12-10-15-6-4-5-9-17(15)14-21)19-18(11-13-23-19)16-7-2-1-3-8-16/h1-9,11,13H,10,12,14H2. The Hall–Kier alpha value is -2.39. The van der Waals surface area contributed by atoms with Crippen LogP contribution in [-0.4, -0.2) is 17.4 Å². The first-order valence-electron chi connectivity index (χ1n) is 7.82. The Bertz CT molecular complexity index is 838. The van der Waals surface area contributed by atoms with E-state index >= 15 is 0 Å². The third-order valence-electron chi connectivity index (χ3n) is 4.36. The van der Waals surface area contributed by atoms with Crippen LogP contribution in [0.3, 0.4) is 0 Å². The van der Waals surface area contributed by atoms with Crippen molar-refractivity contribution in [2.24, 2.45) is 0 Å². The minimum Gasteiger partial charge on any atom is -0.333 e. The molecule has 0 saturated heterocycles. The normalized spacial score (nSPS) is 13.7. The first kappa shape index (κ1) is 14.2. The Kier molecular flexibility index (Phi) is 3.72. The molecule has 0 spiro atoms. The van der Waals surface area contributed by atoms with Crippen molar-refractivity contribution in [2.75, 3.05) is 6.54 Å². The first-order chi connectivity index (χ1) is 11.3. The van der Waals surface area contributed by atoms with E-state index in [4.69, 9.17) is 0 Å². The minimum atomic E-state index is 0.147. The van der Waals surface area contributed by atoms with Gasteiger partial charge in [0, 0.05) is 18.7 Å². The van der Waals surface area contributed by atoms with Crippen molar-refractivity contribution in [3.8, 4) is 11.1 Å². The Morgan fingerprint density at radius 2 is 1.65 bits per heavy atom. The molecular weight excluding hydrogens is 302 g/mol. The van der Waals surface area contributed by atoms with Crippen LogP contribution in [0.2, 0.25) is 0 Å². The second-order valence-electron chi connectivity index (χ2n) is 5.77. The van der Waals surface area contributed by atoms with Crippen LogP contribution in [0.5, 0.6) is 0 Å². The van der Waals surface area contributed by atoms with Gasteiger partial charge in [0.25, 0.3) is 5.91 Å². The third kappa shape index (κ3) is 2.68. The van der Waals surface area contributed by atoms with Crippen LogP contribution >= 0.6 is 11.3 Å². The molecule has 0 radical (unpaired) electrons. The lowest BCUT2D eigenvalue weighted by Gasteiger charge is -2.28. The summed E-state index contributed by atoms with van der Waals surface area (Å²) in [6, 6.07) is 20.6. The Balaban J connectivity index is 1.63. The number of rotatable bonds is 2. The number of benzene rings is 2. The fraction of sp³-hybridized carbons (Fsp3) is 0.150. The summed E-state index contributed by atoms with van der Waals surface area (Å²) in [6.45, 7) is 1.50. The quantitative estimate of drug-likeness (QED) is 0.675. The van der Waals surface area contributed by atoms with Crippen LogP contribution in [0.4, 0.5) is 0 Å². The topological polar surface area (TPSA) is 20.3 Å². The van der Waals surface area contributed by atoms with E-state index in [0.717, 1.165) is 29.0 Å². The molecule has 1 aromatic heterocycles. The maximum atomic E-state index is 13.0. The van der Waals surface area contributed by atoms with Crippen LogP contribution in [0.25, 0.3) is 11.1 Å². The van der Waals surface area contributed by atoms with E-state index in [0.29, 0.717) is 6.54 Å². The molecule has 0 atom stereocenters. The summed E-state index contributed by atoms with van der Waals surface area (Å²) in [5.74, 6) is 0.147. The van der Waals surface area contributed by atoms with Gasteiger partial charge in [0.15, 0.2) is 0 Å². The van der Waals surface area contributed by atoms with Crippen molar-refractivity contribution >= 4 is 17.2 Å². The number of carbonyl (C=O) groups excluding carboxylic acids is 1. The van der Waals surface area contributed by atoms with E-state index in [2.05, 4.69) is 30.3 Å². The highest BCUT2D eigenvalue weighted by Gasteiger charge is 2.24. The molecule has 0 bridgehead atoms. The molecule has 0 fully saturated rings. The van der Waals surface area contributed by atoms with Crippen molar-refractivity contribution in [3.05, 3.63) is 82.0 Å². The molecule has 2 heterocycles. The predicted molar refractivity (Wildman–Crippen MR) is 94.6 cm³/mol. The van der Waals surface area contributed by atoms with Crippen molar-refractivity contribution in [1.82, 2.24) is 4.90 Å². The van der Waals surface area contributed by atoms with Gasteiger partial charge in [-0.2, -0.15) is 0 Å². The molecule has 0 saturated carbocycles. The number of hydrogen-bond acceptors (Lipinski definition) is 2. The highest BCUT2D eigenvalue weighted by atomic mass is 32.1. The molecular formula is C20H17NOS. The van der Waals surface area contributed by atoms with E-state index in [1.165, 1.54) is 22.5 Å². The molecule has 0 aliphatic carbocycles. The van der Waals surface area contributed by atoms with Crippen LogP contribution < -0.4 is 0 Å². The molecule has 114 valence electrons. The highest BCUT2D eigenvalue weighted by molar-refractivity contribution is 7.12. The van der Waals surface area contributed by atoms with Crippen molar-refractivity contribution < 1.29 is 4.79 Å². The molecule has 2 aromatic carbocycles. The number of amides is 1. The minimum absolute atomic E-state index is 0.147. The molecule has 23 heavy (non-hydrogen) atoms. The van der Waals surface area contributed by atoms with Crippen LogP contribution in [0, 0.1) is 0 Å². The molecule has 0 unspecified atom stereocenters. The van der Waals surface area contributed by atoms with Gasteiger partial charge >= 0.3 is 0 Å². The van der Waals surface area contributed by atoms with Gasteiger partial charge in [-0.25, -0.2) is 0 Å². The number of nitrogens with zero attached hydrogens (tertiary/aromatic N) is 1. The van der Waals surface area contributed by atoms with E-state index in [9.17, 15) is 4.79 Å². The monoisotopic (exact) mass is 319 g/mol. The zero-order valence-corrected chi connectivity index (χ0v) is 13.6. The van der Waals surface area contributed by atoms with Crippen molar-refractivity contribution in [1.29, 1.82) is 0 Å².